The molecule has 1 fully saturated rings. The molecule has 1 aliphatic heterocycles. The molecular weight excluding hydrogens is 269 g/mol. The number of nitrogens with zero attached hydrogens (tertiary/aromatic N) is 1. The van der Waals surface area contributed by atoms with Crippen LogP contribution in [-0.4, -0.2) is 29.2 Å². The Morgan fingerprint density at radius 1 is 1.33 bits per heavy atom. The van der Waals surface area contributed by atoms with E-state index in [-0.39, 0.29) is 6.61 Å². The molecule has 1 saturated heterocycles. The Labute approximate surface area is 119 Å². The van der Waals surface area contributed by atoms with Gasteiger partial charge in [0.2, 0.25) is 0 Å². The summed E-state index contributed by atoms with van der Waals surface area (Å²) in [6.45, 7) is 2.25. The molecule has 0 bridgehead atoms. The van der Waals surface area contributed by atoms with Gasteiger partial charge in [0, 0.05) is 19.2 Å². The van der Waals surface area contributed by atoms with Crippen LogP contribution in [0.1, 0.15) is 31.2 Å². The summed E-state index contributed by atoms with van der Waals surface area (Å²) in [4.78, 5) is 2.45. The largest absolute Gasteiger partial charge is 0.396 e. The topological polar surface area (TPSA) is 23.5 Å². The number of hydrogen-bond acceptors (Lipinski definition) is 2. The summed E-state index contributed by atoms with van der Waals surface area (Å²) in [7, 11) is 0. The predicted octanol–water partition coefficient (Wildman–Crippen LogP) is 3.73. The van der Waals surface area contributed by atoms with E-state index >= 15 is 0 Å². The highest BCUT2D eigenvalue weighted by atomic mass is 35.5. The molecule has 100 valence electrons. The third kappa shape index (κ3) is 3.39. The molecule has 18 heavy (non-hydrogen) atoms. The minimum atomic E-state index is 0.280. The standard InChI is InChI=1S/C14H19Cl2NO/c15-13-7-1-4-11(14(13)16)10-17-8-2-5-12(17)6-3-9-18/h1,4,7,12,18H,2-3,5-6,8-10H2. The molecular formula is C14H19Cl2NO. The van der Waals surface area contributed by atoms with Gasteiger partial charge in [-0.1, -0.05) is 35.3 Å². The molecule has 0 amide bonds. The van der Waals surface area contributed by atoms with Crippen molar-refractivity contribution in [1.82, 2.24) is 4.90 Å². The Kier molecular flexibility index (Phi) is 5.31. The van der Waals surface area contributed by atoms with Gasteiger partial charge in [0.05, 0.1) is 10.0 Å². The second-order valence-corrected chi connectivity index (χ2v) is 5.63. The molecule has 0 aliphatic carbocycles. The summed E-state index contributed by atoms with van der Waals surface area (Å²) >= 11 is 12.3. The zero-order valence-corrected chi connectivity index (χ0v) is 11.9. The van der Waals surface area contributed by atoms with Crippen LogP contribution >= 0.6 is 23.2 Å². The number of aliphatic hydroxyl groups is 1. The maximum Gasteiger partial charge on any atom is 0.0637 e. The van der Waals surface area contributed by atoms with Gasteiger partial charge in [-0.15, -0.1) is 0 Å². The summed E-state index contributed by atoms with van der Waals surface area (Å²) in [5.74, 6) is 0. The van der Waals surface area contributed by atoms with E-state index in [9.17, 15) is 0 Å². The van der Waals surface area contributed by atoms with Gasteiger partial charge in [-0.05, 0) is 43.9 Å². The van der Waals surface area contributed by atoms with Crippen LogP contribution in [0.2, 0.25) is 10.0 Å². The predicted molar refractivity (Wildman–Crippen MR) is 76.2 cm³/mol. The SMILES string of the molecule is OCCCC1CCCN1Cc1cccc(Cl)c1Cl. The zero-order chi connectivity index (χ0) is 13.0. The second kappa shape index (κ2) is 6.76. The fourth-order valence-electron chi connectivity index (χ4n) is 2.65. The molecule has 2 nitrogen and oxygen atoms in total. The average Bonchev–Trinajstić information content (AvgIpc) is 2.80. The van der Waals surface area contributed by atoms with Crippen molar-refractivity contribution >= 4 is 23.2 Å². The molecule has 1 unspecified atom stereocenters. The quantitative estimate of drug-likeness (QED) is 0.892. The normalized spacial score (nSPS) is 20.5. The van der Waals surface area contributed by atoms with Crippen LogP contribution in [0.25, 0.3) is 0 Å². The summed E-state index contributed by atoms with van der Waals surface area (Å²) in [6, 6.07) is 6.38. The van der Waals surface area contributed by atoms with Crippen molar-refractivity contribution < 1.29 is 5.11 Å². The second-order valence-electron chi connectivity index (χ2n) is 4.85. The number of aliphatic hydroxyl groups excluding tert-OH is 1. The number of likely N-dealkylation sites (tertiary alicyclic amines) is 1. The fraction of sp³-hybridized carbons (Fsp3) is 0.571. The van der Waals surface area contributed by atoms with Crippen LogP contribution in [0.4, 0.5) is 0 Å². The fourth-order valence-corrected chi connectivity index (χ4v) is 3.03. The Morgan fingerprint density at radius 3 is 2.94 bits per heavy atom. The third-order valence-electron chi connectivity index (χ3n) is 3.60. The first kappa shape index (κ1) is 14.1. The first-order chi connectivity index (χ1) is 8.72. The monoisotopic (exact) mass is 287 g/mol. The Balaban J connectivity index is 2.01. The highest BCUT2D eigenvalue weighted by molar-refractivity contribution is 6.42. The van der Waals surface area contributed by atoms with Gasteiger partial charge in [-0.2, -0.15) is 0 Å². The highest BCUT2D eigenvalue weighted by Gasteiger charge is 2.24. The van der Waals surface area contributed by atoms with Gasteiger partial charge < -0.3 is 5.11 Å². The minimum Gasteiger partial charge on any atom is -0.396 e. The van der Waals surface area contributed by atoms with E-state index in [2.05, 4.69) is 4.90 Å². The molecule has 2 rings (SSSR count). The van der Waals surface area contributed by atoms with Crippen LogP contribution in [0.15, 0.2) is 18.2 Å². The van der Waals surface area contributed by atoms with Crippen molar-refractivity contribution in [1.29, 1.82) is 0 Å². The summed E-state index contributed by atoms with van der Waals surface area (Å²) in [5.41, 5.74) is 1.10. The van der Waals surface area contributed by atoms with Gasteiger partial charge in [0.1, 0.15) is 0 Å². The number of benzene rings is 1. The number of halogens is 2. The van der Waals surface area contributed by atoms with E-state index in [0.29, 0.717) is 16.1 Å². The van der Waals surface area contributed by atoms with Crippen LogP contribution in [0.3, 0.4) is 0 Å². The van der Waals surface area contributed by atoms with Gasteiger partial charge in [-0.25, -0.2) is 0 Å². The Morgan fingerprint density at radius 2 is 2.17 bits per heavy atom. The van der Waals surface area contributed by atoms with E-state index in [1.807, 2.05) is 18.2 Å². The van der Waals surface area contributed by atoms with Crippen molar-refractivity contribution in [2.24, 2.45) is 0 Å². The van der Waals surface area contributed by atoms with E-state index in [0.717, 1.165) is 31.5 Å². The van der Waals surface area contributed by atoms with E-state index in [1.165, 1.54) is 12.8 Å². The smallest absolute Gasteiger partial charge is 0.0637 e. The number of rotatable bonds is 5. The van der Waals surface area contributed by atoms with Gasteiger partial charge in [0.25, 0.3) is 0 Å². The molecule has 0 spiro atoms. The Bertz CT molecular complexity index is 397. The van der Waals surface area contributed by atoms with Crippen molar-refractivity contribution in [2.45, 2.75) is 38.3 Å². The lowest BCUT2D eigenvalue weighted by Gasteiger charge is -2.24. The van der Waals surface area contributed by atoms with Crippen molar-refractivity contribution in [3.63, 3.8) is 0 Å². The summed E-state index contributed by atoms with van der Waals surface area (Å²) < 4.78 is 0. The van der Waals surface area contributed by atoms with Gasteiger partial charge in [-0.3, -0.25) is 4.90 Å². The molecule has 1 N–H and O–H groups in total. The molecule has 1 aromatic rings. The lowest BCUT2D eigenvalue weighted by atomic mass is 10.1. The van der Waals surface area contributed by atoms with Crippen molar-refractivity contribution in [3.05, 3.63) is 33.8 Å². The third-order valence-corrected chi connectivity index (χ3v) is 4.46. The molecule has 0 radical (unpaired) electrons. The minimum absolute atomic E-state index is 0.280. The first-order valence-corrected chi connectivity index (χ1v) is 7.25. The van der Waals surface area contributed by atoms with E-state index in [1.54, 1.807) is 0 Å². The van der Waals surface area contributed by atoms with E-state index in [4.69, 9.17) is 28.3 Å². The van der Waals surface area contributed by atoms with Crippen LogP contribution in [-0.2, 0) is 6.54 Å². The zero-order valence-electron chi connectivity index (χ0n) is 10.4. The van der Waals surface area contributed by atoms with Gasteiger partial charge in [0.15, 0.2) is 0 Å². The molecule has 0 aromatic heterocycles. The highest BCUT2D eigenvalue weighted by Crippen LogP contribution is 2.29. The van der Waals surface area contributed by atoms with Crippen molar-refractivity contribution in [3.8, 4) is 0 Å². The molecule has 0 saturated carbocycles. The summed E-state index contributed by atoms with van der Waals surface area (Å²) in [6.07, 6.45) is 4.39. The van der Waals surface area contributed by atoms with Crippen LogP contribution in [0.5, 0.6) is 0 Å². The first-order valence-electron chi connectivity index (χ1n) is 6.50. The van der Waals surface area contributed by atoms with E-state index < -0.39 is 0 Å². The average molecular weight is 288 g/mol. The van der Waals surface area contributed by atoms with Crippen LogP contribution < -0.4 is 0 Å². The summed E-state index contributed by atoms with van der Waals surface area (Å²) in [5, 5.41) is 10.2. The maximum absolute atomic E-state index is 8.93. The van der Waals surface area contributed by atoms with Crippen LogP contribution in [0, 0.1) is 0 Å². The molecule has 1 heterocycles. The lowest BCUT2D eigenvalue weighted by molar-refractivity contribution is 0.210. The molecule has 1 aliphatic rings. The van der Waals surface area contributed by atoms with Crippen molar-refractivity contribution in [2.75, 3.05) is 13.2 Å². The molecule has 4 heteroatoms. The lowest BCUT2D eigenvalue weighted by Crippen LogP contribution is -2.29. The maximum atomic E-state index is 8.93. The Hall–Kier alpha value is -0.280. The number of hydrogen-bond donors (Lipinski definition) is 1. The molecule has 1 aromatic carbocycles. The van der Waals surface area contributed by atoms with Gasteiger partial charge >= 0.3 is 0 Å². The molecule has 1 atom stereocenters.